The Morgan fingerprint density at radius 1 is 0.966 bits per heavy atom. The summed E-state index contributed by atoms with van der Waals surface area (Å²) in [4.78, 5) is 17.1. The molecule has 2 N–H and O–H groups in total. The van der Waals surface area contributed by atoms with Crippen molar-refractivity contribution in [1.82, 2.24) is 10.3 Å². The summed E-state index contributed by atoms with van der Waals surface area (Å²) >= 11 is 1.78. The molecule has 0 spiro atoms. The first kappa shape index (κ1) is 19.3. The first-order valence-corrected chi connectivity index (χ1v) is 10.8. The van der Waals surface area contributed by atoms with Crippen molar-refractivity contribution in [1.29, 1.82) is 0 Å². The van der Waals surface area contributed by atoms with Crippen molar-refractivity contribution in [2.45, 2.75) is 18.2 Å². The van der Waals surface area contributed by atoms with Crippen LogP contribution in [0.5, 0.6) is 0 Å². The van der Waals surface area contributed by atoms with Crippen LogP contribution in [0, 0.1) is 6.92 Å². The van der Waals surface area contributed by atoms with Gasteiger partial charge >= 0.3 is 0 Å². The zero-order valence-corrected chi connectivity index (χ0v) is 17.3. The molecule has 0 saturated carbocycles. The Morgan fingerprint density at radius 2 is 1.76 bits per heavy atom. The van der Waals surface area contributed by atoms with Gasteiger partial charge in [0.1, 0.15) is 0 Å². The summed E-state index contributed by atoms with van der Waals surface area (Å²) in [5, 5.41) is 4.27. The maximum atomic E-state index is 12.3. The molecule has 0 saturated heterocycles. The molecule has 0 radical (unpaired) electrons. The third-order valence-corrected chi connectivity index (χ3v) is 5.96. The minimum atomic E-state index is 0.0680. The van der Waals surface area contributed by atoms with Crippen molar-refractivity contribution in [2.75, 3.05) is 12.3 Å². The highest BCUT2D eigenvalue weighted by Gasteiger charge is 2.13. The second-order valence-electron chi connectivity index (χ2n) is 7.10. The van der Waals surface area contributed by atoms with Gasteiger partial charge in [-0.15, -0.1) is 11.8 Å². The predicted octanol–water partition coefficient (Wildman–Crippen LogP) is 5.59. The van der Waals surface area contributed by atoms with Gasteiger partial charge in [-0.2, -0.15) is 0 Å². The fraction of sp³-hybridized carbons (Fsp3) is 0.160. The Labute approximate surface area is 175 Å². The summed E-state index contributed by atoms with van der Waals surface area (Å²) in [6.45, 7) is 2.69. The molecular formula is C25H24N2OS. The van der Waals surface area contributed by atoms with Gasteiger partial charge in [-0.05, 0) is 24.1 Å². The zero-order valence-electron chi connectivity index (χ0n) is 16.4. The normalized spacial score (nSPS) is 10.9. The molecule has 0 fully saturated rings. The van der Waals surface area contributed by atoms with Crippen LogP contribution in [0.2, 0.25) is 0 Å². The van der Waals surface area contributed by atoms with Crippen LogP contribution in [-0.2, 0) is 11.2 Å². The number of rotatable bonds is 7. The lowest BCUT2D eigenvalue weighted by Gasteiger charge is -2.08. The zero-order chi connectivity index (χ0) is 20.1. The molecule has 0 unspecified atom stereocenters. The van der Waals surface area contributed by atoms with Gasteiger partial charge in [0.2, 0.25) is 5.91 Å². The molecule has 29 heavy (non-hydrogen) atoms. The standard InChI is InChI=1S/C25H24N2OS/c1-18-8-7-9-19(16-18)17-23(28)26-14-15-29-25-21-12-5-6-13-22(21)27-24(25)20-10-3-2-4-11-20/h2-13,16,27H,14-15,17H2,1H3,(H,26,28). The van der Waals surface area contributed by atoms with Gasteiger partial charge in [-0.3, -0.25) is 4.79 Å². The number of nitrogens with one attached hydrogen (secondary N) is 2. The van der Waals surface area contributed by atoms with E-state index in [1.54, 1.807) is 11.8 Å². The molecule has 0 bridgehead atoms. The highest BCUT2D eigenvalue weighted by molar-refractivity contribution is 7.99. The molecule has 3 nitrogen and oxygen atoms in total. The Kier molecular flexibility index (Phi) is 6.01. The highest BCUT2D eigenvalue weighted by atomic mass is 32.2. The first-order chi connectivity index (χ1) is 14.2. The summed E-state index contributed by atoms with van der Waals surface area (Å²) in [5.74, 6) is 0.889. The topological polar surface area (TPSA) is 44.9 Å². The van der Waals surface area contributed by atoms with Crippen LogP contribution in [-0.4, -0.2) is 23.2 Å². The number of aromatic amines is 1. The minimum absolute atomic E-state index is 0.0680. The fourth-order valence-electron chi connectivity index (χ4n) is 3.49. The number of aromatic nitrogens is 1. The summed E-state index contributed by atoms with van der Waals surface area (Å²) in [6, 6.07) is 26.9. The summed E-state index contributed by atoms with van der Waals surface area (Å²) in [6.07, 6.45) is 0.425. The maximum Gasteiger partial charge on any atom is 0.224 e. The Balaban J connectivity index is 1.41. The van der Waals surface area contributed by atoms with E-state index in [2.05, 4.69) is 58.8 Å². The van der Waals surface area contributed by atoms with Gasteiger partial charge in [0.15, 0.2) is 0 Å². The number of para-hydroxylation sites is 1. The fourth-order valence-corrected chi connectivity index (χ4v) is 4.54. The van der Waals surface area contributed by atoms with Crippen LogP contribution in [0.3, 0.4) is 0 Å². The van der Waals surface area contributed by atoms with Crippen LogP contribution < -0.4 is 5.32 Å². The molecule has 3 aromatic carbocycles. The van der Waals surface area contributed by atoms with E-state index in [-0.39, 0.29) is 5.91 Å². The monoisotopic (exact) mass is 400 g/mol. The molecule has 4 heteroatoms. The van der Waals surface area contributed by atoms with E-state index in [1.165, 1.54) is 21.4 Å². The van der Waals surface area contributed by atoms with E-state index in [4.69, 9.17) is 0 Å². The number of thioether (sulfide) groups is 1. The van der Waals surface area contributed by atoms with Gasteiger partial charge in [0, 0.05) is 28.1 Å². The van der Waals surface area contributed by atoms with Crippen LogP contribution in [0.15, 0.2) is 83.8 Å². The van der Waals surface area contributed by atoms with E-state index >= 15 is 0 Å². The van der Waals surface area contributed by atoms with Gasteiger partial charge in [-0.1, -0.05) is 78.4 Å². The maximum absolute atomic E-state index is 12.3. The van der Waals surface area contributed by atoms with E-state index < -0.39 is 0 Å². The lowest BCUT2D eigenvalue weighted by molar-refractivity contribution is -0.120. The SMILES string of the molecule is Cc1cccc(CC(=O)NCCSc2c(-c3ccccc3)[nH]c3ccccc23)c1. The number of carbonyl (C=O) groups is 1. The van der Waals surface area contributed by atoms with Crippen molar-refractivity contribution in [3.8, 4) is 11.3 Å². The number of aryl methyl sites for hydroxylation is 1. The lowest BCUT2D eigenvalue weighted by atomic mass is 10.1. The number of benzene rings is 3. The molecule has 1 heterocycles. The molecule has 0 aliphatic carbocycles. The quantitative estimate of drug-likeness (QED) is 0.313. The Bertz CT molecular complexity index is 1120. The molecule has 4 rings (SSSR count). The molecule has 1 aromatic heterocycles. The number of fused-ring (bicyclic) bond motifs is 1. The molecular weight excluding hydrogens is 376 g/mol. The summed E-state index contributed by atoms with van der Waals surface area (Å²) < 4.78 is 0. The number of carbonyl (C=O) groups excluding carboxylic acids is 1. The second kappa shape index (κ2) is 9.01. The number of hydrogen-bond donors (Lipinski definition) is 2. The predicted molar refractivity (Wildman–Crippen MR) is 122 cm³/mol. The molecule has 0 aliphatic heterocycles. The van der Waals surface area contributed by atoms with Gasteiger partial charge < -0.3 is 10.3 Å². The summed E-state index contributed by atoms with van der Waals surface area (Å²) in [7, 11) is 0. The van der Waals surface area contributed by atoms with Crippen molar-refractivity contribution in [2.24, 2.45) is 0 Å². The van der Waals surface area contributed by atoms with Crippen LogP contribution >= 0.6 is 11.8 Å². The van der Waals surface area contributed by atoms with Crippen molar-refractivity contribution >= 4 is 28.6 Å². The Morgan fingerprint density at radius 3 is 2.59 bits per heavy atom. The van der Waals surface area contributed by atoms with Gasteiger partial charge in [0.25, 0.3) is 0 Å². The van der Waals surface area contributed by atoms with Gasteiger partial charge in [-0.25, -0.2) is 0 Å². The molecule has 0 atom stereocenters. The average molecular weight is 401 g/mol. The number of amides is 1. The van der Waals surface area contributed by atoms with Crippen molar-refractivity contribution < 1.29 is 4.79 Å². The molecule has 0 aliphatic rings. The third-order valence-electron chi connectivity index (χ3n) is 4.84. The number of H-pyrrole nitrogens is 1. The van der Waals surface area contributed by atoms with E-state index in [0.717, 1.165) is 22.5 Å². The average Bonchev–Trinajstić information content (AvgIpc) is 3.10. The summed E-state index contributed by atoms with van der Waals surface area (Å²) in [5.41, 5.74) is 5.69. The third kappa shape index (κ3) is 4.72. The Hall–Kier alpha value is -2.98. The lowest BCUT2D eigenvalue weighted by Crippen LogP contribution is -2.27. The molecule has 4 aromatic rings. The minimum Gasteiger partial charge on any atom is -0.355 e. The van der Waals surface area contributed by atoms with E-state index in [0.29, 0.717) is 13.0 Å². The largest absolute Gasteiger partial charge is 0.355 e. The van der Waals surface area contributed by atoms with Crippen molar-refractivity contribution in [3.05, 3.63) is 90.0 Å². The molecule has 1 amide bonds. The van der Waals surface area contributed by atoms with E-state index in [9.17, 15) is 4.79 Å². The van der Waals surface area contributed by atoms with Crippen LogP contribution in [0.25, 0.3) is 22.2 Å². The van der Waals surface area contributed by atoms with Crippen molar-refractivity contribution in [3.63, 3.8) is 0 Å². The van der Waals surface area contributed by atoms with Crippen LogP contribution in [0.1, 0.15) is 11.1 Å². The number of hydrogen-bond acceptors (Lipinski definition) is 2. The smallest absolute Gasteiger partial charge is 0.224 e. The molecule has 146 valence electrons. The van der Waals surface area contributed by atoms with Crippen LogP contribution in [0.4, 0.5) is 0 Å². The van der Waals surface area contributed by atoms with Gasteiger partial charge in [0.05, 0.1) is 12.1 Å². The first-order valence-electron chi connectivity index (χ1n) is 9.82. The highest BCUT2D eigenvalue weighted by Crippen LogP contribution is 2.37. The second-order valence-corrected chi connectivity index (χ2v) is 8.21. The van der Waals surface area contributed by atoms with E-state index in [1.807, 2.05) is 37.3 Å².